The Morgan fingerprint density at radius 3 is 1.53 bits per heavy atom. The molecule has 0 spiro atoms. The van der Waals surface area contributed by atoms with E-state index in [1.54, 1.807) is 0 Å². The molecule has 1 aliphatic rings. The summed E-state index contributed by atoms with van der Waals surface area (Å²) in [6.45, 7) is 12.2. The lowest BCUT2D eigenvalue weighted by Gasteiger charge is -2.31. The first-order valence-corrected chi connectivity index (χ1v) is 23.3. The van der Waals surface area contributed by atoms with Crippen LogP contribution in [0.1, 0.15) is 16.7 Å². The molecule has 0 bridgehead atoms. The van der Waals surface area contributed by atoms with Crippen molar-refractivity contribution < 1.29 is 9.05 Å². The molecule has 1 heterocycles. The van der Waals surface area contributed by atoms with Crippen LogP contribution in [0.25, 0.3) is 83.6 Å². The van der Waals surface area contributed by atoms with E-state index in [9.17, 15) is 0 Å². The van der Waals surface area contributed by atoms with Crippen molar-refractivity contribution in [2.24, 2.45) is 0 Å². The van der Waals surface area contributed by atoms with Crippen molar-refractivity contribution in [1.82, 2.24) is 0 Å². The minimum atomic E-state index is -1.67. The molecule has 0 radical (unpaired) electrons. The smallest absolute Gasteiger partial charge is 0.326 e. The average Bonchev–Trinajstić information content (AvgIpc) is 3.33. The van der Waals surface area contributed by atoms with Gasteiger partial charge in [-0.3, -0.25) is 0 Å². The molecule has 1 aliphatic heterocycles. The van der Waals surface area contributed by atoms with Gasteiger partial charge in [-0.25, -0.2) is 0 Å². The molecule has 10 aromatic carbocycles. The average molecular weight is 831 g/mol. The third-order valence-corrected chi connectivity index (χ3v) is 16.0. The van der Waals surface area contributed by atoms with Crippen molar-refractivity contribution in [1.29, 1.82) is 0 Å². The molecule has 62 heavy (non-hydrogen) atoms. The molecule has 0 aromatic heterocycles. The van der Waals surface area contributed by atoms with Crippen LogP contribution in [0.4, 0.5) is 0 Å². The van der Waals surface area contributed by atoms with E-state index in [1.807, 2.05) is 18.2 Å². The summed E-state index contributed by atoms with van der Waals surface area (Å²) in [7, 11) is -2.67. The van der Waals surface area contributed by atoms with Crippen molar-refractivity contribution in [3.63, 3.8) is 0 Å². The maximum atomic E-state index is 7.53. The number of rotatable bonds is 9. The fourth-order valence-electron chi connectivity index (χ4n) is 9.04. The van der Waals surface area contributed by atoms with Crippen LogP contribution < -0.4 is 30.3 Å². The van der Waals surface area contributed by atoms with E-state index in [2.05, 4.69) is 208 Å². The molecule has 0 saturated heterocycles. The number of fused-ring (bicyclic) bond motifs is 9. The van der Waals surface area contributed by atoms with Crippen molar-refractivity contribution in [2.75, 3.05) is 0 Å². The van der Waals surface area contributed by atoms with Crippen LogP contribution in [0.15, 0.2) is 208 Å². The molecule has 0 saturated carbocycles. The monoisotopic (exact) mass is 830 g/mol. The van der Waals surface area contributed by atoms with Gasteiger partial charge in [-0.2, -0.15) is 0 Å². The third-order valence-electron chi connectivity index (χ3n) is 12.0. The van der Waals surface area contributed by atoms with Gasteiger partial charge in [-0.1, -0.05) is 190 Å². The lowest BCUT2D eigenvalue weighted by Crippen LogP contribution is -2.22. The highest BCUT2D eigenvalue weighted by atomic mass is 31.2. The van der Waals surface area contributed by atoms with Gasteiger partial charge in [0.2, 0.25) is 0 Å². The molecule has 0 aliphatic carbocycles. The van der Waals surface area contributed by atoms with E-state index in [-0.39, 0.29) is 0 Å². The Balaban J connectivity index is 1.18. The van der Waals surface area contributed by atoms with Gasteiger partial charge in [0.25, 0.3) is 0 Å². The normalized spacial score (nSPS) is 13.1. The van der Waals surface area contributed by atoms with Crippen LogP contribution in [-0.2, 0) is 0 Å². The summed E-state index contributed by atoms with van der Waals surface area (Å²) in [5, 5.41) is 14.0. The minimum absolute atomic E-state index is 0.775. The second-order valence-electron chi connectivity index (χ2n) is 15.5. The molecule has 294 valence electrons. The topological polar surface area (TPSA) is 18.5 Å². The Labute approximate surface area is 364 Å². The summed E-state index contributed by atoms with van der Waals surface area (Å²) in [5.41, 5.74) is 7.66. The van der Waals surface area contributed by atoms with Crippen LogP contribution in [0, 0.1) is 0 Å². The minimum Gasteiger partial charge on any atom is -0.435 e. The predicted octanol–water partition coefficient (Wildman–Crippen LogP) is 14.7. The maximum absolute atomic E-state index is 7.53. The highest BCUT2D eigenvalue weighted by Crippen LogP contribution is 2.56. The van der Waals surface area contributed by atoms with Crippen LogP contribution in [0.5, 0.6) is 11.5 Å². The zero-order valence-corrected chi connectivity index (χ0v) is 35.8. The van der Waals surface area contributed by atoms with Gasteiger partial charge < -0.3 is 9.05 Å². The molecule has 11 rings (SSSR count). The van der Waals surface area contributed by atoms with Crippen LogP contribution in [0.3, 0.4) is 0 Å². The Hall–Kier alpha value is -7.08. The summed E-state index contributed by atoms with van der Waals surface area (Å²) in [6.07, 6.45) is 5.71. The first-order valence-electron chi connectivity index (χ1n) is 20.8. The molecule has 2 nitrogen and oxygen atoms in total. The summed E-state index contributed by atoms with van der Waals surface area (Å²) < 4.78 is 14.7. The van der Waals surface area contributed by atoms with Crippen molar-refractivity contribution in [3.05, 3.63) is 224 Å². The zero-order valence-electron chi connectivity index (χ0n) is 34.0. The second kappa shape index (κ2) is 15.7. The Bertz CT molecular complexity index is 3390. The summed E-state index contributed by atoms with van der Waals surface area (Å²) >= 11 is 0. The van der Waals surface area contributed by atoms with Gasteiger partial charge in [0.05, 0.1) is 5.30 Å². The lowest BCUT2D eigenvalue weighted by atomic mass is 9.91. The highest BCUT2D eigenvalue weighted by molar-refractivity contribution is 7.80. The molecule has 10 aromatic rings. The van der Waals surface area contributed by atoms with Crippen LogP contribution >= 0.6 is 16.3 Å². The fraction of sp³-hybridized carbons (Fsp3) is 0. The van der Waals surface area contributed by atoms with E-state index < -0.39 is 16.3 Å². The summed E-state index contributed by atoms with van der Waals surface area (Å²) in [6, 6.07) is 68.0. The number of benzene rings is 10. The van der Waals surface area contributed by atoms with Gasteiger partial charge in [-0.05, 0) is 120 Å². The largest absolute Gasteiger partial charge is 0.435 e. The maximum Gasteiger partial charge on any atom is 0.326 e. The first kappa shape index (κ1) is 37.9. The van der Waals surface area contributed by atoms with Crippen molar-refractivity contribution in [3.8, 4) is 33.8 Å². The van der Waals surface area contributed by atoms with Gasteiger partial charge in [0, 0.05) is 22.3 Å². The summed E-state index contributed by atoms with van der Waals surface area (Å²) in [4.78, 5) is 0. The van der Waals surface area contributed by atoms with Crippen LogP contribution in [0.2, 0.25) is 0 Å². The summed E-state index contributed by atoms with van der Waals surface area (Å²) in [5.74, 6) is 1.58. The van der Waals surface area contributed by atoms with E-state index >= 15 is 0 Å². The molecule has 1 atom stereocenters. The SMILES string of the molecule is C=Cc1ccc2c(-c3c(P(c4ccccc4)c4ccccc4)ccc4ccccc34)c(O[P@@]3Oc4ccc5cc(C=C)ccc5c4-c4c3ccc3cc(C=C)ccc43)ccc2c1. The number of hydrogen-bond donors (Lipinski definition) is 0. The second-order valence-corrected chi connectivity index (χ2v) is 19.1. The molecular weight excluding hydrogens is 791 g/mol. The van der Waals surface area contributed by atoms with Crippen molar-refractivity contribution >= 4 is 98.8 Å². The standard InChI is InChI=1S/C58H40O2P2/c1-4-38-21-28-48-42(35-38)24-31-51(55(48)57-47-20-14-13-15-41(47)26-33-53(57)61(45-16-9-7-10-17-45)46-18-11-8-12-19-46)59-62-54-34-27-44-37-40(6-3)23-30-50(44)58(54)56-49-29-22-39(5-2)36-43(49)25-32-52(56)60-62/h4-37H,1-3H2/t62-/m0/s1. The van der Waals surface area contributed by atoms with Gasteiger partial charge in [-0.15, -0.1) is 0 Å². The molecule has 0 unspecified atom stereocenters. The lowest BCUT2D eigenvalue weighted by molar-refractivity contribution is 0.502. The highest BCUT2D eigenvalue weighted by Gasteiger charge is 2.34. The van der Waals surface area contributed by atoms with Gasteiger partial charge >= 0.3 is 8.38 Å². The van der Waals surface area contributed by atoms with E-state index in [0.717, 1.165) is 82.5 Å². The number of hydrogen-bond acceptors (Lipinski definition) is 2. The molecule has 0 fully saturated rings. The Morgan fingerprint density at radius 1 is 0.419 bits per heavy atom. The molecule has 0 amide bonds. The van der Waals surface area contributed by atoms with Gasteiger partial charge in [0.15, 0.2) is 0 Å². The fourth-order valence-corrected chi connectivity index (χ4v) is 13.0. The van der Waals surface area contributed by atoms with E-state index in [1.165, 1.54) is 32.2 Å². The quantitative estimate of drug-likeness (QED) is 0.135. The molecule has 4 heteroatoms. The molecule has 0 N–H and O–H groups in total. The van der Waals surface area contributed by atoms with Gasteiger partial charge in [0.1, 0.15) is 11.5 Å². The Morgan fingerprint density at radius 2 is 0.919 bits per heavy atom. The van der Waals surface area contributed by atoms with E-state index in [0.29, 0.717) is 0 Å². The van der Waals surface area contributed by atoms with Crippen LogP contribution in [-0.4, -0.2) is 0 Å². The van der Waals surface area contributed by atoms with E-state index in [4.69, 9.17) is 9.05 Å². The third kappa shape index (κ3) is 6.43. The van der Waals surface area contributed by atoms with Crippen molar-refractivity contribution in [2.45, 2.75) is 0 Å². The predicted molar refractivity (Wildman–Crippen MR) is 271 cm³/mol. The first-order chi connectivity index (χ1) is 30.6. The Kier molecular flexibility index (Phi) is 9.62. The zero-order chi connectivity index (χ0) is 41.7. The molecular formula is C58H40O2P2.